The van der Waals surface area contributed by atoms with Gasteiger partial charge in [0, 0.05) is 5.54 Å². The highest BCUT2D eigenvalue weighted by Crippen LogP contribution is 2.46. The van der Waals surface area contributed by atoms with E-state index in [2.05, 4.69) is 5.32 Å². The molecular formula is C10H13NO2. The molecule has 0 spiro atoms. The molecule has 70 valence electrons. The Morgan fingerprint density at radius 3 is 2.38 bits per heavy atom. The van der Waals surface area contributed by atoms with E-state index in [-0.39, 0.29) is 17.0 Å². The van der Waals surface area contributed by atoms with Crippen LogP contribution in [0.4, 0.5) is 0 Å². The molecule has 0 saturated heterocycles. The Kier molecular flexibility index (Phi) is 1.70. The summed E-state index contributed by atoms with van der Waals surface area (Å²) in [5.74, 6) is -0.102. The van der Waals surface area contributed by atoms with E-state index in [9.17, 15) is 5.11 Å². The molecule has 0 aliphatic heterocycles. The van der Waals surface area contributed by atoms with Crippen molar-refractivity contribution in [2.45, 2.75) is 18.4 Å². The molecular weight excluding hydrogens is 166 g/mol. The molecule has 1 aliphatic carbocycles. The van der Waals surface area contributed by atoms with Crippen LogP contribution in [0.1, 0.15) is 18.4 Å². The van der Waals surface area contributed by atoms with Gasteiger partial charge in [0.25, 0.3) is 0 Å². The molecule has 0 amide bonds. The topological polar surface area (TPSA) is 52.5 Å². The molecule has 1 aromatic carbocycles. The van der Waals surface area contributed by atoms with Crippen molar-refractivity contribution in [3.63, 3.8) is 0 Å². The average Bonchev–Trinajstić information content (AvgIpc) is 2.90. The number of aromatic hydroxyl groups is 2. The van der Waals surface area contributed by atoms with E-state index in [0.29, 0.717) is 0 Å². The van der Waals surface area contributed by atoms with Gasteiger partial charge in [-0.1, -0.05) is 6.07 Å². The van der Waals surface area contributed by atoms with E-state index in [1.54, 1.807) is 6.07 Å². The van der Waals surface area contributed by atoms with Gasteiger partial charge < -0.3 is 15.5 Å². The van der Waals surface area contributed by atoms with E-state index in [0.717, 1.165) is 18.4 Å². The lowest BCUT2D eigenvalue weighted by Crippen LogP contribution is -2.24. The maximum absolute atomic E-state index is 9.31. The Morgan fingerprint density at radius 1 is 1.23 bits per heavy atom. The summed E-state index contributed by atoms with van der Waals surface area (Å²) in [4.78, 5) is 0. The number of benzene rings is 1. The lowest BCUT2D eigenvalue weighted by atomic mass is 10.0. The number of nitrogens with one attached hydrogen (secondary N) is 1. The van der Waals surface area contributed by atoms with Gasteiger partial charge in [0.1, 0.15) is 0 Å². The molecule has 13 heavy (non-hydrogen) atoms. The highest BCUT2D eigenvalue weighted by atomic mass is 16.3. The largest absolute Gasteiger partial charge is 0.504 e. The first-order valence-corrected chi connectivity index (χ1v) is 4.39. The van der Waals surface area contributed by atoms with E-state index < -0.39 is 0 Å². The van der Waals surface area contributed by atoms with Crippen molar-refractivity contribution < 1.29 is 10.2 Å². The Morgan fingerprint density at radius 2 is 1.92 bits per heavy atom. The molecule has 1 fully saturated rings. The summed E-state index contributed by atoms with van der Waals surface area (Å²) < 4.78 is 0. The molecule has 3 nitrogen and oxygen atoms in total. The molecule has 0 bridgehead atoms. The smallest absolute Gasteiger partial charge is 0.157 e. The minimum Gasteiger partial charge on any atom is -0.504 e. The van der Waals surface area contributed by atoms with Crippen molar-refractivity contribution in [2.24, 2.45) is 0 Å². The Hall–Kier alpha value is -1.22. The molecule has 3 heteroatoms. The summed E-state index contributed by atoms with van der Waals surface area (Å²) in [6, 6.07) is 5.00. The van der Waals surface area contributed by atoms with Gasteiger partial charge in [-0.05, 0) is 37.6 Å². The summed E-state index contributed by atoms with van der Waals surface area (Å²) in [6.07, 6.45) is 2.18. The zero-order valence-electron chi connectivity index (χ0n) is 7.54. The Labute approximate surface area is 77.0 Å². The van der Waals surface area contributed by atoms with Crippen LogP contribution in [0.5, 0.6) is 11.5 Å². The fraction of sp³-hybridized carbons (Fsp3) is 0.400. The van der Waals surface area contributed by atoms with Gasteiger partial charge in [0.15, 0.2) is 11.5 Å². The van der Waals surface area contributed by atoms with Gasteiger partial charge in [-0.2, -0.15) is 0 Å². The van der Waals surface area contributed by atoms with Gasteiger partial charge in [-0.3, -0.25) is 0 Å². The molecule has 1 aliphatic rings. The first kappa shape index (κ1) is 8.38. The zero-order valence-corrected chi connectivity index (χ0v) is 7.54. The Balaban J connectivity index is 2.37. The van der Waals surface area contributed by atoms with Crippen LogP contribution in [0.25, 0.3) is 0 Å². The summed E-state index contributed by atoms with van der Waals surface area (Å²) >= 11 is 0. The first-order valence-electron chi connectivity index (χ1n) is 4.39. The molecule has 0 atom stereocenters. The fourth-order valence-corrected chi connectivity index (χ4v) is 1.63. The predicted octanol–water partition coefficient (Wildman–Crippen LogP) is 1.31. The van der Waals surface area contributed by atoms with Crippen LogP contribution in [-0.2, 0) is 5.54 Å². The van der Waals surface area contributed by atoms with Gasteiger partial charge in [-0.15, -0.1) is 0 Å². The van der Waals surface area contributed by atoms with Crippen LogP contribution in [0.2, 0.25) is 0 Å². The van der Waals surface area contributed by atoms with Gasteiger partial charge in [-0.25, -0.2) is 0 Å². The number of phenols is 2. The molecule has 0 radical (unpaired) electrons. The first-order chi connectivity index (χ1) is 6.18. The van der Waals surface area contributed by atoms with Crippen LogP contribution in [0, 0.1) is 0 Å². The highest BCUT2D eigenvalue weighted by Gasteiger charge is 2.42. The summed E-state index contributed by atoms with van der Waals surface area (Å²) in [6.45, 7) is 0. The Bertz CT molecular complexity index is 332. The van der Waals surface area contributed by atoms with E-state index in [1.807, 2.05) is 13.1 Å². The monoisotopic (exact) mass is 179 g/mol. The normalized spacial score (nSPS) is 18.5. The average molecular weight is 179 g/mol. The lowest BCUT2D eigenvalue weighted by molar-refractivity contribution is 0.401. The number of phenolic OH excluding ortho intramolecular Hbond substituents is 2. The third-order valence-corrected chi connectivity index (χ3v) is 2.76. The van der Waals surface area contributed by atoms with Crippen molar-refractivity contribution in [3.05, 3.63) is 23.8 Å². The van der Waals surface area contributed by atoms with E-state index in [4.69, 9.17) is 5.11 Å². The molecule has 1 saturated carbocycles. The summed E-state index contributed by atoms with van der Waals surface area (Å²) in [7, 11) is 1.91. The standard InChI is InChI=1S/C10H13NO2/c1-11-10(4-5-10)7-2-3-8(12)9(13)6-7/h2-3,6,11-13H,4-5H2,1H3. The van der Waals surface area contributed by atoms with Crippen LogP contribution in [-0.4, -0.2) is 17.3 Å². The number of rotatable bonds is 2. The van der Waals surface area contributed by atoms with Crippen LogP contribution in [0.3, 0.4) is 0 Å². The van der Waals surface area contributed by atoms with Gasteiger partial charge in [0.05, 0.1) is 0 Å². The maximum atomic E-state index is 9.31. The maximum Gasteiger partial charge on any atom is 0.157 e. The molecule has 3 N–H and O–H groups in total. The van der Waals surface area contributed by atoms with Crippen molar-refractivity contribution in [1.29, 1.82) is 0 Å². The number of hydrogen-bond donors (Lipinski definition) is 3. The third kappa shape index (κ3) is 1.25. The second-order valence-corrected chi connectivity index (χ2v) is 3.54. The fourth-order valence-electron chi connectivity index (χ4n) is 1.63. The quantitative estimate of drug-likeness (QED) is 0.600. The van der Waals surface area contributed by atoms with Crippen molar-refractivity contribution in [2.75, 3.05) is 7.05 Å². The van der Waals surface area contributed by atoms with Gasteiger partial charge >= 0.3 is 0 Å². The van der Waals surface area contributed by atoms with Crippen molar-refractivity contribution in [1.82, 2.24) is 5.32 Å². The third-order valence-electron chi connectivity index (χ3n) is 2.76. The molecule has 0 heterocycles. The molecule has 1 aromatic rings. The van der Waals surface area contributed by atoms with E-state index >= 15 is 0 Å². The minimum atomic E-state index is -0.0596. The highest BCUT2D eigenvalue weighted by molar-refractivity contribution is 5.44. The zero-order chi connectivity index (χ0) is 9.47. The van der Waals surface area contributed by atoms with Crippen molar-refractivity contribution in [3.8, 4) is 11.5 Å². The lowest BCUT2D eigenvalue weighted by Gasteiger charge is -2.14. The SMILES string of the molecule is CNC1(c2ccc(O)c(O)c2)CC1. The van der Waals surface area contributed by atoms with Crippen LogP contribution in [0.15, 0.2) is 18.2 Å². The second-order valence-electron chi connectivity index (χ2n) is 3.54. The minimum absolute atomic E-state index is 0.0426. The summed E-state index contributed by atoms with van der Waals surface area (Å²) in [5, 5.41) is 21.7. The second kappa shape index (κ2) is 2.64. The molecule has 0 aromatic heterocycles. The molecule has 2 rings (SSSR count). The van der Waals surface area contributed by atoms with Crippen molar-refractivity contribution >= 4 is 0 Å². The van der Waals surface area contributed by atoms with Gasteiger partial charge in [0.2, 0.25) is 0 Å². The molecule has 0 unspecified atom stereocenters. The van der Waals surface area contributed by atoms with E-state index in [1.165, 1.54) is 6.07 Å². The number of hydrogen-bond acceptors (Lipinski definition) is 3. The summed E-state index contributed by atoms with van der Waals surface area (Å²) in [5.41, 5.74) is 1.09. The van der Waals surface area contributed by atoms with Crippen LogP contribution < -0.4 is 5.32 Å². The predicted molar refractivity (Wildman–Crippen MR) is 49.7 cm³/mol. The van der Waals surface area contributed by atoms with Crippen LogP contribution >= 0.6 is 0 Å².